The van der Waals surface area contributed by atoms with Crippen molar-refractivity contribution in [3.63, 3.8) is 0 Å². The number of alkyl halides is 3. The standard InChI is InChI=1S/C16H13F3N4O2S/c1-10(8-13(21)15-22-7-6-11(9-20)23-15)26(24,25)14-5-3-2-4-12(14)16(17,18)19/h2-7,10,21H,8H2,1H3/t10-/m0/s1. The average Bonchev–Trinajstić information content (AvgIpc) is 2.60. The first-order valence-electron chi connectivity index (χ1n) is 7.28. The van der Waals surface area contributed by atoms with E-state index in [0.717, 1.165) is 12.1 Å². The van der Waals surface area contributed by atoms with Crippen LogP contribution in [-0.4, -0.2) is 29.3 Å². The first kappa shape index (κ1) is 19.5. The van der Waals surface area contributed by atoms with Gasteiger partial charge in [0.25, 0.3) is 0 Å². The number of hydrogen-bond acceptors (Lipinski definition) is 6. The second kappa shape index (κ2) is 7.21. The van der Waals surface area contributed by atoms with E-state index in [9.17, 15) is 21.6 Å². The summed E-state index contributed by atoms with van der Waals surface area (Å²) in [6.07, 6.45) is -3.97. The molecule has 0 aliphatic carbocycles. The Labute approximate surface area is 147 Å². The van der Waals surface area contributed by atoms with Crippen LogP contribution < -0.4 is 0 Å². The van der Waals surface area contributed by atoms with Gasteiger partial charge in [0.05, 0.1) is 21.4 Å². The Morgan fingerprint density at radius 1 is 1.31 bits per heavy atom. The van der Waals surface area contributed by atoms with Crippen molar-refractivity contribution >= 4 is 15.5 Å². The molecule has 6 nitrogen and oxygen atoms in total. The molecule has 1 atom stereocenters. The Kier molecular flexibility index (Phi) is 5.41. The highest BCUT2D eigenvalue weighted by Gasteiger charge is 2.38. The third-order valence-electron chi connectivity index (χ3n) is 3.56. The second-order valence-corrected chi connectivity index (χ2v) is 7.74. The highest BCUT2D eigenvalue weighted by Crippen LogP contribution is 2.35. The van der Waals surface area contributed by atoms with Gasteiger partial charge in [-0.15, -0.1) is 0 Å². The van der Waals surface area contributed by atoms with Gasteiger partial charge in [-0.2, -0.15) is 18.4 Å². The SMILES string of the molecule is C[C@@H](CC(=N)c1nccc(C#N)n1)S(=O)(=O)c1ccccc1C(F)(F)F. The molecule has 0 saturated heterocycles. The van der Waals surface area contributed by atoms with Crippen LogP contribution >= 0.6 is 0 Å². The van der Waals surface area contributed by atoms with Crippen molar-refractivity contribution in [3.05, 3.63) is 53.6 Å². The van der Waals surface area contributed by atoms with Crippen molar-refractivity contribution in [3.8, 4) is 6.07 Å². The van der Waals surface area contributed by atoms with E-state index in [1.165, 1.54) is 25.3 Å². The molecule has 0 bridgehead atoms. The number of benzene rings is 1. The lowest BCUT2D eigenvalue weighted by molar-refractivity contribution is -0.139. The minimum Gasteiger partial charge on any atom is -0.301 e. The zero-order chi connectivity index (χ0) is 19.5. The van der Waals surface area contributed by atoms with Crippen LogP contribution in [0.5, 0.6) is 0 Å². The summed E-state index contributed by atoms with van der Waals surface area (Å²) in [5.74, 6) is -0.143. The lowest BCUT2D eigenvalue weighted by Crippen LogP contribution is -2.25. The lowest BCUT2D eigenvalue weighted by atomic mass is 10.2. The molecule has 10 heteroatoms. The lowest BCUT2D eigenvalue weighted by Gasteiger charge is -2.17. The molecule has 26 heavy (non-hydrogen) atoms. The molecule has 136 valence electrons. The van der Waals surface area contributed by atoms with Crippen molar-refractivity contribution in [1.29, 1.82) is 10.7 Å². The first-order valence-corrected chi connectivity index (χ1v) is 8.83. The Bertz CT molecular complexity index is 981. The summed E-state index contributed by atoms with van der Waals surface area (Å²) < 4.78 is 64.5. The third kappa shape index (κ3) is 4.05. The van der Waals surface area contributed by atoms with Crippen LogP contribution in [0.15, 0.2) is 41.4 Å². The molecule has 0 aliphatic rings. The van der Waals surface area contributed by atoms with Crippen molar-refractivity contribution in [1.82, 2.24) is 9.97 Å². The van der Waals surface area contributed by atoms with Crippen molar-refractivity contribution < 1.29 is 21.6 Å². The van der Waals surface area contributed by atoms with Gasteiger partial charge in [0, 0.05) is 12.6 Å². The molecule has 0 aliphatic heterocycles. The summed E-state index contributed by atoms with van der Waals surface area (Å²) >= 11 is 0. The molecule has 0 fully saturated rings. The van der Waals surface area contributed by atoms with Crippen molar-refractivity contribution in [2.75, 3.05) is 0 Å². The van der Waals surface area contributed by atoms with E-state index in [4.69, 9.17) is 10.7 Å². The highest BCUT2D eigenvalue weighted by atomic mass is 32.2. The van der Waals surface area contributed by atoms with E-state index in [1.54, 1.807) is 6.07 Å². The summed E-state index contributed by atoms with van der Waals surface area (Å²) in [6.45, 7) is 1.21. The fourth-order valence-electron chi connectivity index (χ4n) is 2.22. The molecular weight excluding hydrogens is 369 g/mol. The molecule has 0 radical (unpaired) electrons. The number of nitrogens with zero attached hydrogens (tertiary/aromatic N) is 3. The van der Waals surface area contributed by atoms with E-state index < -0.39 is 38.1 Å². The van der Waals surface area contributed by atoms with Crippen LogP contribution in [0.25, 0.3) is 0 Å². The molecule has 1 aromatic carbocycles. The maximum atomic E-state index is 13.1. The molecule has 0 amide bonds. The van der Waals surface area contributed by atoms with Gasteiger partial charge < -0.3 is 5.41 Å². The van der Waals surface area contributed by atoms with Crippen LogP contribution in [-0.2, 0) is 16.0 Å². The maximum absolute atomic E-state index is 13.1. The van der Waals surface area contributed by atoms with Gasteiger partial charge in [-0.1, -0.05) is 12.1 Å². The van der Waals surface area contributed by atoms with Gasteiger partial charge in [0.15, 0.2) is 15.7 Å². The van der Waals surface area contributed by atoms with E-state index in [-0.39, 0.29) is 17.2 Å². The van der Waals surface area contributed by atoms with Gasteiger partial charge in [0.2, 0.25) is 0 Å². The number of aromatic nitrogens is 2. The molecule has 0 spiro atoms. The number of rotatable bonds is 5. The smallest absolute Gasteiger partial charge is 0.301 e. The second-order valence-electron chi connectivity index (χ2n) is 5.41. The highest BCUT2D eigenvalue weighted by molar-refractivity contribution is 7.92. The van der Waals surface area contributed by atoms with E-state index in [1.807, 2.05) is 0 Å². The topological polar surface area (TPSA) is 108 Å². The molecular formula is C16H13F3N4O2S. The molecule has 2 rings (SSSR count). The number of hydrogen-bond donors (Lipinski definition) is 1. The van der Waals surface area contributed by atoms with Gasteiger partial charge in [-0.05, 0) is 25.1 Å². The minimum absolute atomic E-state index is 0.00215. The van der Waals surface area contributed by atoms with Crippen LogP contribution in [0.3, 0.4) is 0 Å². The molecule has 1 N–H and O–H groups in total. The molecule has 1 aromatic heterocycles. The van der Waals surface area contributed by atoms with Crippen LogP contribution in [0.1, 0.15) is 30.4 Å². The minimum atomic E-state index is -4.82. The van der Waals surface area contributed by atoms with Crippen molar-refractivity contribution in [2.45, 2.75) is 29.7 Å². The predicted molar refractivity (Wildman–Crippen MR) is 86.3 cm³/mol. The summed E-state index contributed by atoms with van der Waals surface area (Å²) in [6, 6.07) is 6.99. The number of sulfone groups is 1. The number of halogens is 3. The van der Waals surface area contributed by atoms with Gasteiger partial charge in [-0.25, -0.2) is 18.4 Å². The summed E-state index contributed by atoms with van der Waals surface area (Å²) in [5, 5.41) is 15.4. The van der Waals surface area contributed by atoms with Crippen LogP contribution in [0.2, 0.25) is 0 Å². The Hall–Kier alpha value is -2.80. The zero-order valence-electron chi connectivity index (χ0n) is 13.4. The molecule has 0 saturated carbocycles. The molecule has 0 unspecified atom stereocenters. The van der Waals surface area contributed by atoms with Gasteiger partial charge >= 0.3 is 6.18 Å². The first-order chi connectivity index (χ1) is 12.1. The third-order valence-corrected chi connectivity index (χ3v) is 5.76. The predicted octanol–water partition coefficient (Wildman–Crippen LogP) is 2.99. The normalized spacial score (nSPS) is 13.0. The fraction of sp³-hybridized carbons (Fsp3) is 0.250. The van der Waals surface area contributed by atoms with Gasteiger partial charge in [0.1, 0.15) is 11.8 Å². The van der Waals surface area contributed by atoms with Crippen LogP contribution in [0, 0.1) is 16.7 Å². The van der Waals surface area contributed by atoms with E-state index in [2.05, 4.69) is 9.97 Å². The quantitative estimate of drug-likeness (QED) is 0.800. The maximum Gasteiger partial charge on any atom is 0.417 e. The summed E-state index contributed by atoms with van der Waals surface area (Å²) in [7, 11) is -4.35. The van der Waals surface area contributed by atoms with Crippen LogP contribution in [0.4, 0.5) is 13.2 Å². The Morgan fingerprint density at radius 3 is 2.58 bits per heavy atom. The van der Waals surface area contributed by atoms with Gasteiger partial charge in [-0.3, -0.25) is 0 Å². The van der Waals surface area contributed by atoms with E-state index in [0.29, 0.717) is 6.07 Å². The van der Waals surface area contributed by atoms with Crippen molar-refractivity contribution in [2.24, 2.45) is 0 Å². The molecule has 2 aromatic rings. The number of nitriles is 1. The monoisotopic (exact) mass is 382 g/mol. The zero-order valence-corrected chi connectivity index (χ0v) is 14.3. The van der Waals surface area contributed by atoms with E-state index >= 15 is 0 Å². The summed E-state index contributed by atoms with van der Waals surface area (Å²) in [5.41, 5.74) is -1.54. The number of nitrogens with one attached hydrogen (secondary N) is 1. The average molecular weight is 382 g/mol. The largest absolute Gasteiger partial charge is 0.417 e. The Morgan fingerprint density at radius 2 is 1.96 bits per heavy atom. The summed E-state index contributed by atoms with van der Waals surface area (Å²) in [4.78, 5) is 6.74. The molecule has 1 heterocycles. The Balaban J connectivity index is 2.33. The fourth-order valence-corrected chi connectivity index (χ4v) is 3.80.